The van der Waals surface area contributed by atoms with E-state index < -0.39 is 9.84 Å². The van der Waals surface area contributed by atoms with Crippen LogP contribution in [0.3, 0.4) is 0 Å². The minimum Gasteiger partial charge on any atom is -0.356 e. The number of hydrogen-bond acceptors (Lipinski definition) is 3. The van der Waals surface area contributed by atoms with E-state index in [0.717, 1.165) is 18.1 Å². The van der Waals surface area contributed by atoms with Gasteiger partial charge in [0.05, 0.1) is 11.5 Å². The first-order valence-electron chi connectivity index (χ1n) is 9.12. The Morgan fingerprint density at radius 1 is 1.07 bits per heavy atom. The fourth-order valence-electron chi connectivity index (χ4n) is 2.90. The molecule has 0 spiro atoms. The molecule has 0 aromatic heterocycles. The largest absolute Gasteiger partial charge is 0.356 e. The third-order valence-electron chi connectivity index (χ3n) is 4.39. The van der Waals surface area contributed by atoms with Crippen LogP contribution in [-0.4, -0.2) is 45.7 Å². The summed E-state index contributed by atoms with van der Waals surface area (Å²) in [6.07, 6.45) is 0.548. The first-order valence-corrected chi connectivity index (χ1v) is 10.9. The van der Waals surface area contributed by atoms with Crippen LogP contribution in [-0.2, 0) is 22.1 Å². The SMILES string of the molecule is CN=C(NCCCS(=O)(=O)Cc1ccccc1)N(C)Cc1ccccc1C. The van der Waals surface area contributed by atoms with Crippen molar-refractivity contribution in [3.63, 3.8) is 0 Å². The molecule has 0 radical (unpaired) electrons. The van der Waals surface area contributed by atoms with Crippen LogP contribution >= 0.6 is 0 Å². The van der Waals surface area contributed by atoms with Gasteiger partial charge < -0.3 is 10.2 Å². The fraction of sp³-hybridized carbons (Fsp3) is 0.381. The third kappa shape index (κ3) is 7.06. The Bertz CT molecular complexity index is 849. The van der Waals surface area contributed by atoms with Gasteiger partial charge in [-0.2, -0.15) is 0 Å². The summed E-state index contributed by atoms with van der Waals surface area (Å²) in [6.45, 7) is 3.41. The van der Waals surface area contributed by atoms with Crippen molar-refractivity contribution in [2.45, 2.75) is 25.6 Å². The maximum atomic E-state index is 12.3. The van der Waals surface area contributed by atoms with Crippen molar-refractivity contribution in [3.05, 3.63) is 71.3 Å². The average Bonchev–Trinajstić information content (AvgIpc) is 2.64. The van der Waals surface area contributed by atoms with Gasteiger partial charge in [0.1, 0.15) is 0 Å². The van der Waals surface area contributed by atoms with Crippen LogP contribution in [0, 0.1) is 6.92 Å². The number of benzene rings is 2. The number of hydrogen-bond donors (Lipinski definition) is 1. The molecule has 0 saturated carbocycles. The summed E-state index contributed by atoms with van der Waals surface area (Å²) in [5, 5.41) is 3.26. The Morgan fingerprint density at radius 2 is 1.74 bits per heavy atom. The van der Waals surface area contributed by atoms with Crippen LogP contribution in [0.15, 0.2) is 59.6 Å². The molecule has 27 heavy (non-hydrogen) atoms. The molecule has 0 aliphatic heterocycles. The minimum atomic E-state index is -3.11. The summed E-state index contributed by atoms with van der Waals surface area (Å²) in [4.78, 5) is 6.34. The lowest BCUT2D eigenvalue weighted by atomic mass is 10.1. The highest BCUT2D eigenvalue weighted by Crippen LogP contribution is 2.10. The molecule has 0 aliphatic rings. The summed E-state index contributed by atoms with van der Waals surface area (Å²) in [6, 6.07) is 17.6. The van der Waals surface area contributed by atoms with E-state index in [2.05, 4.69) is 29.4 Å². The Morgan fingerprint density at radius 3 is 2.41 bits per heavy atom. The highest BCUT2D eigenvalue weighted by molar-refractivity contribution is 7.90. The molecule has 2 aromatic carbocycles. The van der Waals surface area contributed by atoms with Crippen molar-refractivity contribution in [2.75, 3.05) is 26.4 Å². The van der Waals surface area contributed by atoms with Crippen LogP contribution < -0.4 is 5.32 Å². The molecular formula is C21H29N3O2S. The monoisotopic (exact) mass is 387 g/mol. The number of aliphatic imine (C=N–C) groups is 1. The van der Waals surface area contributed by atoms with Crippen LogP contribution in [0.4, 0.5) is 0 Å². The minimum absolute atomic E-state index is 0.0930. The Balaban J connectivity index is 1.79. The fourth-order valence-corrected chi connectivity index (χ4v) is 4.32. The smallest absolute Gasteiger partial charge is 0.193 e. The van der Waals surface area contributed by atoms with E-state index in [9.17, 15) is 8.42 Å². The second-order valence-corrected chi connectivity index (χ2v) is 8.87. The molecular weight excluding hydrogens is 358 g/mol. The quantitative estimate of drug-likeness (QED) is 0.430. The lowest BCUT2D eigenvalue weighted by Gasteiger charge is -2.23. The zero-order valence-corrected chi connectivity index (χ0v) is 17.2. The van der Waals surface area contributed by atoms with Gasteiger partial charge in [0.25, 0.3) is 0 Å². The molecule has 0 amide bonds. The molecule has 2 aromatic rings. The molecule has 2 rings (SSSR count). The van der Waals surface area contributed by atoms with Crippen molar-refractivity contribution in [2.24, 2.45) is 4.99 Å². The Kier molecular flexibility index (Phi) is 7.85. The summed E-state index contributed by atoms with van der Waals surface area (Å²) in [5.74, 6) is 1.02. The van der Waals surface area contributed by atoms with Gasteiger partial charge in [0, 0.05) is 27.2 Å². The lowest BCUT2D eigenvalue weighted by Crippen LogP contribution is -2.39. The van der Waals surface area contributed by atoms with E-state index in [0.29, 0.717) is 13.0 Å². The van der Waals surface area contributed by atoms with Crippen molar-refractivity contribution < 1.29 is 8.42 Å². The highest BCUT2D eigenvalue weighted by atomic mass is 32.2. The first-order chi connectivity index (χ1) is 12.9. The molecule has 0 saturated heterocycles. The predicted molar refractivity (Wildman–Crippen MR) is 113 cm³/mol. The molecule has 6 heteroatoms. The molecule has 0 unspecified atom stereocenters. The van der Waals surface area contributed by atoms with Gasteiger partial charge in [0.15, 0.2) is 15.8 Å². The number of guanidine groups is 1. The lowest BCUT2D eigenvalue weighted by molar-refractivity contribution is 0.475. The second kappa shape index (κ2) is 10.1. The summed E-state index contributed by atoms with van der Waals surface area (Å²) < 4.78 is 24.5. The van der Waals surface area contributed by atoms with Crippen molar-refractivity contribution in [1.82, 2.24) is 10.2 Å². The molecule has 0 atom stereocenters. The van der Waals surface area contributed by atoms with Crippen LogP contribution in [0.5, 0.6) is 0 Å². The zero-order valence-electron chi connectivity index (χ0n) is 16.4. The van der Waals surface area contributed by atoms with E-state index in [1.165, 1.54) is 11.1 Å². The van der Waals surface area contributed by atoms with E-state index in [-0.39, 0.29) is 11.5 Å². The third-order valence-corrected chi connectivity index (χ3v) is 6.07. The molecule has 0 bridgehead atoms. The molecule has 0 heterocycles. The zero-order chi connectivity index (χ0) is 19.7. The molecule has 146 valence electrons. The summed E-state index contributed by atoms with van der Waals surface area (Å²) in [5.41, 5.74) is 3.32. The van der Waals surface area contributed by atoms with Crippen molar-refractivity contribution in [1.29, 1.82) is 0 Å². The van der Waals surface area contributed by atoms with Gasteiger partial charge in [0.2, 0.25) is 0 Å². The van der Waals surface area contributed by atoms with Crippen LogP contribution in [0.1, 0.15) is 23.1 Å². The van der Waals surface area contributed by atoms with E-state index in [1.54, 1.807) is 7.05 Å². The highest BCUT2D eigenvalue weighted by Gasteiger charge is 2.12. The number of rotatable bonds is 8. The Labute approximate surface area is 163 Å². The average molecular weight is 388 g/mol. The Hall–Kier alpha value is -2.34. The van der Waals surface area contributed by atoms with Gasteiger partial charge in [-0.15, -0.1) is 0 Å². The van der Waals surface area contributed by atoms with Crippen LogP contribution in [0.2, 0.25) is 0 Å². The molecule has 0 fully saturated rings. The van der Waals surface area contributed by atoms with Gasteiger partial charge in [-0.3, -0.25) is 4.99 Å². The standard InChI is InChI=1S/C21H29N3O2S/c1-18-10-7-8-13-20(18)16-24(3)21(22-2)23-14-9-15-27(25,26)17-19-11-5-4-6-12-19/h4-8,10-13H,9,14-17H2,1-3H3,(H,22,23). The van der Waals surface area contributed by atoms with Gasteiger partial charge in [-0.1, -0.05) is 54.6 Å². The summed E-state index contributed by atoms with van der Waals surface area (Å²) in [7, 11) is 0.612. The summed E-state index contributed by atoms with van der Waals surface area (Å²) >= 11 is 0. The predicted octanol–water partition coefficient (Wildman–Crippen LogP) is 3.01. The van der Waals surface area contributed by atoms with Gasteiger partial charge >= 0.3 is 0 Å². The van der Waals surface area contributed by atoms with E-state index in [1.807, 2.05) is 54.4 Å². The maximum Gasteiger partial charge on any atom is 0.193 e. The van der Waals surface area contributed by atoms with Crippen molar-refractivity contribution >= 4 is 15.8 Å². The van der Waals surface area contributed by atoms with E-state index in [4.69, 9.17) is 0 Å². The normalized spacial score (nSPS) is 12.0. The van der Waals surface area contributed by atoms with Gasteiger partial charge in [-0.05, 0) is 30.0 Å². The topological polar surface area (TPSA) is 61.8 Å². The second-order valence-electron chi connectivity index (χ2n) is 6.69. The molecule has 5 nitrogen and oxygen atoms in total. The maximum absolute atomic E-state index is 12.3. The van der Waals surface area contributed by atoms with E-state index >= 15 is 0 Å². The number of nitrogens with one attached hydrogen (secondary N) is 1. The molecule has 1 N–H and O–H groups in total. The number of sulfone groups is 1. The van der Waals surface area contributed by atoms with Crippen molar-refractivity contribution in [3.8, 4) is 0 Å². The number of nitrogens with zero attached hydrogens (tertiary/aromatic N) is 2. The molecule has 0 aliphatic carbocycles. The first kappa shape index (κ1) is 21.0. The van der Waals surface area contributed by atoms with Crippen LogP contribution in [0.25, 0.3) is 0 Å². The van der Waals surface area contributed by atoms with Gasteiger partial charge in [-0.25, -0.2) is 8.42 Å². The number of aryl methyl sites for hydroxylation is 1.